The molecule has 4 aromatic carbocycles. The van der Waals surface area contributed by atoms with Crippen molar-refractivity contribution < 1.29 is 27.3 Å². The molecule has 0 N–H and O–H groups in total. The molecule has 0 bridgehead atoms. The standard InChI is InChI=1S/C28H24NO.C14H16NSi.Ir/c1-28(2,3)18-19-14-15-29-24(16-19)21-12-13-23-26(17-21)30-25-11-7-10-22(27(23)25)20-8-5-4-6-9-20;1-16(2,3)13-9-10-14(15-11-13)12-7-5-4-6-8-12;/h4-16H,18H2,1-3H3;4-7,9-11H,1-3H3;/q2*-1;/i18D2;;. The van der Waals surface area contributed by atoms with Crippen molar-refractivity contribution in [1.29, 1.82) is 0 Å². The summed E-state index contributed by atoms with van der Waals surface area (Å²) in [6.45, 7) is 12.7. The van der Waals surface area contributed by atoms with Gasteiger partial charge in [-0.15, -0.1) is 53.6 Å². The molecule has 0 atom stereocenters. The zero-order valence-electron chi connectivity index (χ0n) is 29.7. The van der Waals surface area contributed by atoms with Gasteiger partial charge in [0, 0.05) is 35.2 Å². The first-order valence-corrected chi connectivity index (χ1v) is 19.2. The van der Waals surface area contributed by atoms with Crippen LogP contribution >= 0.6 is 0 Å². The Morgan fingerprint density at radius 2 is 1.57 bits per heavy atom. The molecule has 1 radical (unpaired) electrons. The summed E-state index contributed by atoms with van der Waals surface area (Å²) in [7, 11) is -1.23. The number of fused-ring (bicyclic) bond motifs is 3. The van der Waals surface area contributed by atoms with Crippen molar-refractivity contribution in [2.45, 2.75) is 46.8 Å². The normalized spacial score (nSPS) is 12.5. The zero-order valence-corrected chi connectivity index (χ0v) is 31.1. The molecule has 0 saturated heterocycles. The molecule has 5 heteroatoms. The molecule has 3 heterocycles. The Morgan fingerprint density at radius 1 is 0.787 bits per heavy atom. The molecule has 7 rings (SSSR count). The average Bonchev–Trinajstić information content (AvgIpc) is 3.47. The largest absolute Gasteiger partial charge is 0.477 e. The van der Waals surface area contributed by atoms with Crippen molar-refractivity contribution in [3.05, 3.63) is 139 Å². The van der Waals surface area contributed by atoms with Gasteiger partial charge in [-0.25, -0.2) is 0 Å². The minimum Gasteiger partial charge on any atom is -0.477 e. The van der Waals surface area contributed by atoms with Crippen LogP contribution < -0.4 is 5.19 Å². The monoisotopic (exact) mass is 811 g/mol. The van der Waals surface area contributed by atoms with Crippen molar-refractivity contribution in [3.63, 3.8) is 0 Å². The van der Waals surface area contributed by atoms with Crippen LogP contribution in [0.2, 0.25) is 19.6 Å². The summed E-state index contributed by atoms with van der Waals surface area (Å²) in [6.07, 6.45) is 2.19. The van der Waals surface area contributed by atoms with E-state index in [0.717, 1.165) is 44.3 Å². The van der Waals surface area contributed by atoms with Crippen LogP contribution in [0.5, 0.6) is 0 Å². The molecule has 239 valence electrons. The number of hydrogen-bond donors (Lipinski definition) is 0. The molecule has 3 aromatic heterocycles. The van der Waals surface area contributed by atoms with Crippen LogP contribution in [0.15, 0.2) is 126 Å². The number of furan rings is 1. The fourth-order valence-corrected chi connectivity index (χ4v) is 6.44. The maximum Gasteiger partial charge on any atom is 0.124 e. The number of pyridine rings is 2. The van der Waals surface area contributed by atoms with Crippen molar-refractivity contribution in [3.8, 4) is 33.6 Å². The van der Waals surface area contributed by atoms with E-state index in [-0.39, 0.29) is 20.1 Å². The van der Waals surface area contributed by atoms with Gasteiger partial charge in [0.05, 0.1) is 13.7 Å². The number of rotatable bonds is 5. The summed E-state index contributed by atoms with van der Waals surface area (Å²) in [6, 6.07) is 42.8. The van der Waals surface area contributed by atoms with E-state index in [0.29, 0.717) is 16.8 Å². The van der Waals surface area contributed by atoms with E-state index >= 15 is 0 Å². The predicted octanol–water partition coefficient (Wildman–Crippen LogP) is 10.8. The summed E-state index contributed by atoms with van der Waals surface area (Å²) < 4.78 is 23.4. The van der Waals surface area contributed by atoms with Crippen LogP contribution in [0.3, 0.4) is 0 Å². The Morgan fingerprint density at radius 3 is 2.26 bits per heavy atom. The topological polar surface area (TPSA) is 38.9 Å². The fraction of sp³-hybridized carbons (Fsp3) is 0.190. The maximum absolute atomic E-state index is 8.60. The molecule has 0 fully saturated rings. The Hall–Kier alpha value is -4.15. The molecule has 7 aromatic rings. The van der Waals surface area contributed by atoms with Crippen molar-refractivity contribution in [1.82, 2.24) is 9.97 Å². The Kier molecular flexibility index (Phi) is 9.58. The SMILES string of the molecule is C[Si](C)(C)c1ccc(-c2[c-]cccc2)nc1.[2H]C([2H])(c1ccnc(-c2[c-]c3oc4cccc(-c5ccccc5)c4c3cc2)c1)C(C)(C)C.[Ir]. The van der Waals surface area contributed by atoms with E-state index in [1.54, 1.807) is 12.3 Å². The van der Waals surface area contributed by atoms with Crippen LogP contribution in [0.4, 0.5) is 0 Å². The van der Waals surface area contributed by atoms with Crippen LogP contribution in [0, 0.1) is 17.5 Å². The zero-order chi connectivity index (χ0) is 34.1. The molecular weight excluding hydrogens is 769 g/mol. The van der Waals surface area contributed by atoms with Crippen LogP contribution in [-0.4, -0.2) is 18.0 Å². The van der Waals surface area contributed by atoms with E-state index < -0.39 is 19.9 Å². The second-order valence-electron chi connectivity index (χ2n) is 13.5. The first-order chi connectivity index (χ1) is 22.8. The van der Waals surface area contributed by atoms with E-state index in [9.17, 15) is 0 Å². The van der Waals surface area contributed by atoms with Gasteiger partial charge in [0.25, 0.3) is 0 Å². The number of benzene rings is 4. The molecule has 0 aliphatic carbocycles. The van der Waals surface area contributed by atoms with Gasteiger partial charge in [0.1, 0.15) is 5.58 Å². The van der Waals surface area contributed by atoms with Crippen molar-refractivity contribution in [2.75, 3.05) is 0 Å². The second-order valence-corrected chi connectivity index (χ2v) is 18.6. The minimum atomic E-state index is -1.49. The number of aromatic nitrogens is 2. The van der Waals surface area contributed by atoms with E-state index in [1.165, 1.54) is 5.19 Å². The summed E-state index contributed by atoms with van der Waals surface area (Å²) >= 11 is 0. The smallest absolute Gasteiger partial charge is 0.124 e. The minimum absolute atomic E-state index is 0. The molecular formula is C42H40IrN2OSi-2. The van der Waals surface area contributed by atoms with E-state index in [2.05, 4.69) is 72.1 Å². The Labute approximate surface area is 296 Å². The van der Waals surface area contributed by atoms with Crippen LogP contribution in [-0.2, 0) is 26.5 Å². The quantitative estimate of drug-likeness (QED) is 0.128. The van der Waals surface area contributed by atoms with Gasteiger partial charge in [-0.1, -0.05) is 118 Å². The van der Waals surface area contributed by atoms with Gasteiger partial charge in [0.15, 0.2) is 0 Å². The summed E-state index contributed by atoms with van der Waals surface area (Å²) in [5.41, 5.74) is 7.36. The predicted molar refractivity (Wildman–Crippen MR) is 196 cm³/mol. The van der Waals surface area contributed by atoms with Gasteiger partial charge >= 0.3 is 0 Å². The maximum atomic E-state index is 8.60. The van der Waals surface area contributed by atoms with Gasteiger partial charge in [0.2, 0.25) is 0 Å². The summed E-state index contributed by atoms with van der Waals surface area (Å²) in [5.74, 6) is 0. The Bertz CT molecular complexity index is 2170. The fourth-order valence-electron chi connectivity index (χ4n) is 5.40. The summed E-state index contributed by atoms with van der Waals surface area (Å²) in [4.78, 5) is 9.01. The van der Waals surface area contributed by atoms with Crippen molar-refractivity contribution in [2.24, 2.45) is 5.41 Å². The molecule has 0 aliphatic heterocycles. The third-order valence-corrected chi connectivity index (χ3v) is 9.70. The molecule has 3 nitrogen and oxygen atoms in total. The molecule has 47 heavy (non-hydrogen) atoms. The van der Waals surface area contributed by atoms with Gasteiger partial charge in [-0.05, 0) is 57.0 Å². The molecule has 0 saturated carbocycles. The second kappa shape index (κ2) is 14.3. The third-order valence-electron chi connectivity index (χ3n) is 7.67. The average molecular weight is 811 g/mol. The van der Waals surface area contributed by atoms with E-state index in [4.69, 9.17) is 7.16 Å². The first-order valence-electron chi connectivity index (χ1n) is 16.7. The molecule has 0 spiro atoms. The van der Waals surface area contributed by atoms with Gasteiger partial charge in [-0.2, -0.15) is 0 Å². The van der Waals surface area contributed by atoms with Crippen LogP contribution in [0.25, 0.3) is 55.6 Å². The summed E-state index contributed by atoms with van der Waals surface area (Å²) in [5, 5.41) is 3.47. The number of nitrogens with zero attached hydrogens (tertiary/aromatic N) is 2. The van der Waals surface area contributed by atoms with Gasteiger partial charge in [-0.3, -0.25) is 0 Å². The Balaban J connectivity index is 0.000000233. The van der Waals surface area contributed by atoms with E-state index in [1.807, 2.05) is 99.8 Å². The first kappa shape index (κ1) is 31.4. The molecule has 0 aliphatic rings. The molecule has 0 unspecified atom stereocenters. The van der Waals surface area contributed by atoms with Crippen LogP contribution in [0.1, 0.15) is 29.1 Å². The van der Waals surface area contributed by atoms with Crippen molar-refractivity contribution >= 4 is 35.2 Å². The number of hydrogen-bond acceptors (Lipinski definition) is 3. The molecule has 0 amide bonds. The van der Waals surface area contributed by atoms with Gasteiger partial charge < -0.3 is 14.4 Å². The third kappa shape index (κ3) is 8.23.